The third kappa shape index (κ3) is 2.02. The molecule has 7 heteroatoms. The Morgan fingerprint density at radius 3 is 2.65 bits per heavy atom. The highest BCUT2D eigenvalue weighted by Crippen LogP contribution is 2.24. The second kappa shape index (κ2) is 5.16. The normalized spacial score (nSPS) is 11.1. The van der Waals surface area contributed by atoms with Gasteiger partial charge in [-0.25, -0.2) is 4.98 Å². The van der Waals surface area contributed by atoms with Crippen LogP contribution < -0.4 is 5.56 Å². The number of thioether (sulfide) groups is 1. The summed E-state index contributed by atoms with van der Waals surface area (Å²) in [6.45, 7) is 0. The highest BCUT2D eigenvalue weighted by atomic mass is 32.2. The minimum atomic E-state index is -0.0508. The van der Waals surface area contributed by atoms with Gasteiger partial charge in [0.15, 0.2) is 14.8 Å². The summed E-state index contributed by atoms with van der Waals surface area (Å²) in [6.07, 6.45) is 1.90. The van der Waals surface area contributed by atoms with Gasteiger partial charge in [-0.3, -0.25) is 13.9 Å². The van der Waals surface area contributed by atoms with E-state index in [0.717, 1.165) is 5.69 Å². The van der Waals surface area contributed by atoms with E-state index < -0.39 is 0 Å². The van der Waals surface area contributed by atoms with Crippen molar-refractivity contribution >= 4 is 45.7 Å². The highest BCUT2D eigenvalue weighted by Gasteiger charge is 2.15. The number of benzene rings is 1. The Labute approximate surface area is 128 Å². The third-order valence-corrected chi connectivity index (χ3v) is 5.05. The van der Waals surface area contributed by atoms with Crippen LogP contribution in [-0.4, -0.2) is 20.4 Å². The van der Waals surface area contributed by atoms with Crippen LogP contribution in [0.25, 0.3) is 16.0 Å². The quantitative estimate of drug-likeness (QED) is 0.413. The number of rotatable bonds is 2. The van der Waals surface area contributed by atoms with E-state index in [2.05, 4.69) is 4.98 Å². The Balaban J connectivity index is 2.46. The van der Waals surface area contributed by atoms with Gasteiger partial charge in [-0.1, -0.05) is 41.3 Å². The Hall–Kier alpha value is -1.44. The summed E-state index contributed by atoms with van der Waals surface area (Å²) in [5, 5.41) is 0.681. The maximum absolute atomic E-state index is 12.4. The van der Waals surface area contributed by atoms with Crippen molar-refractivity contribution in [2.45, 2.75) is 5.16 Å². The molecule has 1 aromatic carbocycles. The molecule has 0 aliphatic heterocycles. The molecule has 0 amide bonds. The minimum Gasteiger partial charge on any atom is -0.289 e. The van der Waals surface area contributed by atoms with Crippen LogP contribution in [0.3, 0.4) is 0 Å². The molecule has 0 aliphatic carbocycles. The van der Waals surface area contributed by atoms with Gasteiger partial charge in [0.1, 0.15) is 4.70 Å². The van der Waals surface area contributed by atoms with Gasteiger partial charge in [0, 0.05) is 12.7 Å². The monoisotopic (exact) mass is 321 g/mol. The lowest BCUT2D eigenvalue weighted by atomic mass is 10.3. The highest BCUT2D eigenvalue weighted by molar-refractivity contribution is 7.98. The van der Waals surface area contributed by atoms with Crippen molar-refractivity contribution in [2.75, 3.05) is 6.26 Å². The lowest BCUT2D eigenvalue weighted by Gasteiger charge is -2.07. The molecular formula is C13H11N3OS3. The van der Waals surface area contributed by atoms with Crippen LogP contribution in [0.15, 0.2) is 40.3 Å². The van der Waals surface area contributed by atoms with Gasteiger partial charge >= 0.3 is 0 Å². The molecule has 3 aromatic rings. The number of hydrogen-bond acceptors (Lipinski definition) is 5. The lowest BCUT2D eigenvalue weighted by molar-refractivity contribution is 0.724. The molecule has 102 valence electrons. The largest absolute Gasteiger partial charge is 0.289 e. The Kier molecular flexibility index (Phi) is 3.49. The maximum Gasteiger partial charge on any atom is 0.273 e. The molecule has 0 saturated heterocycles. The van der Waals surface area contributed by atoms with Crippen molar-refractivity contribution < 1.29 is 0 Å². The Bertz CT molecular complexity index is 893. The maximum atomic E-state index is 12.4. The topological polar surface area (TPSA) is 39.8 Å². The summed E-state index contributed by atoms with van der Waals surface area (Å²) in [5.41, 5.74) is 1.51. The zero-order chi connectivity index (χ0) is 14.3. The van der Waals surface area contributed by atoms with Crippen molar-refractivity contribution in [3.63, 3.8) is 0 Å². The number of thiazole rings is 1. The lowest BCUT2D eigenvalue weighted by Crippen LogP contribution is -2.19. The first-order valence-corrected chi connectivity index (χ1v) is 8.30. The van der Waals surface area contributed by atoms with Crippen molar-refractivity contribution in [1.29, 1.82) is 0 Å². The van der Waals surface area contributed by atoms with Crippen LogP contribution >= 0.6 is 35.3 Å². The van der Waals surface area contributed by atoms with E-state index in [1.165, 1.54) is 23.1 Å². The summed E-state index contributed by atoms with van der Waals surface area (Å²) in [6, 6.07) is 9.75. The molecule has 3 rings (SSSR count). The zero-order valence-electron chi connectivity index (χ0n) is 10.9. The van der Waals surface area contributed by atoms with Crippen LogP contribution in [0.2, 0.25) is 0 Å². The molecule has 20 heavy (non-hydrogen) atoms. The molecule has 0 spiro atoms. The molecule has 0 saturated carbocycles. The van der Waals surface area contributed by atoms with E-state index in [1.807, 2.05) is 41.2 Å². The smallest absolute Gasteiger partial charge is 0.273 e. The third-order valence-electron chi connectivity index (χ3n) is 2.97. The number of hydrogen-bond donors (Lipinski definition) is 0. The van der Waals surface area contributed by atoms with Crippen molar-refractivity contribution in [3.05, 3.63) is 44.6 Å². The second-order valence-corrected chi connectivity index (χ2v) is 6.57. The molecular weight excluding hydrogens is 310 g/mol. The molecule has 2 aromatic heterocycles. The summed E-state index contributed by atoms with van der Waals surface area (Å²) in [7, 11) is 1.73. The number of nitrogens with zero attached hydrogens (tertiary/aromatic N) is 3. The zero-order valence-corrected chi connectivity index (χ0v) is 13.3. The standard InChI is InChI=1S/C13H11N3OS3/c1-15-11(17)9-10(14-12(15)19-2)16(13(18)20-9)8-6-4-3-5-7-8/h3-7H,1-2H3. The molecule has 0 radical (unpaired) electrons. The molecule has 0 fully saturated rings. The van der Waals surface area contributed by atoms with Crippen LogP contribution in [0.1, 0.15) is 0 Å². The number of aromatic nitrogens is 3. The van der Waals surface area contributed by atoms with E-state index in [9.17, 15) is 4.79 Å². The fourth-order valence-electron chi connectivity index (χ4n) is 2.00. The van der Waals surface area contributed by atoms with E-state index >= 15 is 0 Å². The Morgan fingerprint density at radius 1 is 1.30 bits per heavy atom. The van der Waals surface area contributed by atoms with Gasteiger partial charge in [-0.15, -0.1) is 0 Å². The molecule has 0 bridgehead atoms. The van der Waals surface area contributed by atoms with Gasteiger partial charge in [0.05, 0.1) is 0 Å². The molecule has 0 unspecified atom stereocenters. The van der Waals surface area contributed by atoms with Crippen LogP contribution in [0.4, 0.5) is 0 Å². The average molecular weight is 321 g/mol. The fourth-order valence-corrected chi connectivity index (χ4v) is 3.89. The average Bonchev–Trinajstić information content (AvgIpc) is 2.80. The first kappa shape index (κ1) is 13.5. The summed E-state index contributed by atoms with van der Waals surface area (Å²) >= 11 is 8.16. The van der Waals surface area contributed by atoms with Gasteiger partial charge in [-0.05, 0) is 30.6 Å². The second-order valence-electron chi connectivity index (χ2n) is 4.15. The molecule has 0 aliphatic rings. The summed E-state index contributed by atoms with van der Waals surface area (Å²) in [5.74, 6) is 0. The summed E-state index contributed by atoms with van der Waals surface area (Å²) in [4.78, 5) is 16.9. The van der Waals surface area contributed by atoms with E-state index in [-0.39, 0.29) is 5.56 Å². The van der Waals surface area contributed by atoms with Gasteiger partial charge in [0.2, 0.25) is 0 Å². The minimum absolute atomic E-state index is 0.0508. The summed E-state index contributed by atoms with van der Waals surface area (Å²) < 4.78 is 4.65. The van der Waals surface area contributed by atoms with Crippen LogP contribution in [0.5, 0.6) is 0 Å². The van der Waals surface area contributed by atoms with Gasteiger partial charge < -0.3 is 0 Å². The predicted molar refractivity (Wildman–Crippen MR) is 86.8 cm³/mol. The SMILES string of the molecule is CSc1nc2c(sc(=S)n2-c2ccccc2)c(=O)n1C. The first-order valence-electron chi connectivity index (χ1n) is 5.85. The molecule has 0 N–H and O–H groups in total. The fraction of sp³-hybridized carbons (Fsp3) is 0.154. The van der Waals surface area contributed by atoms with Crippen LogP contribution in [0, 0.1) is 3.95 Å². The number of para-hydroxylation sites is 1. The molecule has 0 atom stereocenters. The van der Waals surface area contributed by atoms with Crippen molar-refractivity contribution in [1.82, 2.24) is 14.1 Å². The van der Waals surface area contributed by atoms with Crippen molar-refractivity contribution in [2.24, 2.45) is 7.05 Å². The van der Waals surface area contributed by atoms with E-state index in [4.69, 9.17) is 12.2 Å². The van der Waals surface area contributed by atoms with Crippen molar-refractivity contribution in [3.8, 4) is 5.69 Å². The van der Waals surface area contributed by atoms with E-state index in [0.29, 0.717) is 19.5 Å². The Morgan fingerprint density at radius 2 is 2.00 bits per heavy atom. The van der Waals surface area contributed by atoms with Crippen LogP contribution in [-0.2, 0) is 7.05 Å². The first-order chi connectivity index (χ1) is 9.63. The molecule has 4 nitrogen and oxygen atoms in total. The number of fused-ring (bicyclic) bond motifs is 1. The van der Waals surface area contributed by atoms with Gasteiger partial charge in [0.25, 0.3) is 5.56 Å². The van der Waals surface area contributed by atoms with E-state index in [1.54, 1.807) is 11.6 Å². The predicted octanol–water partition coefficient (Wildman–Crippen LogP) is 3.24. The molecule has 2 heterocycles. The van der Waals surface area contributed by atoms with Gasteiger partial charge in [-0.2, -0.15) is 0 Å².